The van der Waals surface area contributed by atoms with E-state index in [0.29, 0.717) is 30.5 Å². The van der Waals surface area contributed by atoms with Gasteiger partial charge in [0, 0.05) is 6.04 Å². The number of hydrogen-bond acceptors (Lipinski definition) is 3. The van der Waals surface area contributed by atoms with Gasteiger partial charge in [0.2, 0.25) is 0 Å². The van der Waals surface area contributed by atoms with E-state index in [1.807, 2.05) is 44.2 Å². The number of aliphatic carboxylic acids is 1. The molecule has 2 aromatic rings. The molecule has 24 heavy (non-hydrogen) atoms. The number of carboxylic acid groups (broad SMARTS) is 1. The molecule has 1 saturated carbocycles. The molecule has 6 heteroatoms. The Morgan fingerprint density at radius 2 is 1.92 bits per heavy atom. The molecule has 0 bridgehead atoms. The lowest BCUT2D eigenvalue weighted by molar-refractivity contribution is -0.141. The third-order valence-corrected chi connectivity index (χ3v) is 4.64. The molecule has 6 nitrogen and oxygen atoms in total. The van der Waals surface area contributed by atoms with Crippen molar-refractivity contribution in [1.29, 1.82) is 0 Å². The molecule has 1 heterocycles. The van der Waals surface area contributed by atoms with Gasteiger partial charge < -0.3 is 10.4 Å². The van der Waals surface area contributed by atoms with Crippen molar-refractivity contribution in [3.63, 3.8) is 0 Å². The summed E-state index contributed by atoms with van der Waals surface area (Å²) >= 11 is 0. The van der Waals surface area contributed by atoms with Crippen molar-refractivity contribution in [1.82, 2.24) is 15.1 Å². The van der Waals surface area contributed by atoms with Gasteiger partial charge in [-0.2, -0.15) is 5.10 Å². The summed E-state index contributed by atoms with van der Waals surface area (Å²) in [6.07, 6.45) is 1.81. The minimum atomic E-state index is -0.781. The lowest BCUT2D eigenvalue weighted by Gasteiger charge is -2.13. The van der Waals surface area contributed by atoms with Gasteiger partial charge >= 0.3 is 5.97 Å². The summed E-state index contributed by atoms with van der Waals surface area (Å²) in [6, 6.07) is 9.58. The molecular weight excluding hydrogens is 306 g/mol. The van der Waals surface area contributed by atoms with Crippen LogP contribution in [0.1, 0.15) is 41.0 Å². The zero-order valence-corrected chi connectivity index (χ0v) is 13.8. The van der Waals surface area contributed by atoms with E-state index in [9.17, 15) is 9.59 Å². The summed E-state index contributed by atoms with van der Waals surface area (Å²) in [6.45, 7) is 3.69. The quantitative estimate of drug-likeness (QED) is 0.903. The van der Waals surface area contributed by atoms with Crippen molar-refractivity contribution in [2.75, 3.05) is 0 Å². The predicted molar refractivity (Wildman–Crippen MR) is 89.3 cm³/mol. The normalized spacial score (nSPS) is 20.1. The van der Waals surface area contributed by atoms with Crippen LogP contribution < -0.4 is 5.32 Å². The van der Waals surface area contributed by atoms with Crippen LogP contribution in [-0.4, -0.2) is 32.8 Å². The van der Waals surface area contributed by atoms with Crippen molar-refractivity contribution >= 4 is 11.9 Å². The Morgan fingerprint density at radius 1 is 1.21 bits per heavy atom. The molecular formula is C18H21N3O3. The highest BCUT2D eigenvalue weighted by atomic mass is 16.4. The van der Waals surface area contributed by atoms with Gasteiger partial charge in [-0.25, -0.2) is 4.68 Å². The van der Waals surface area contributed by atoms with E-state index in [1.54, 1.807) is 4.68 Å². The molecule has 0 radical (unpaired) electrons. The van der Waals surface area contributed by atoms with E-state index in [0.717, 1.165) is 11.4 Å². The molecule has 0 saturated heterocycles. The Balaban J connectivity index is 1.79. The number of hydrogen-bond donors (Lipinski definition) is 2. The maximum absolute atomic E-state index is 12.7. The first-order valence-electron chi connectivity index (χ1n) is 8.12. The standard InChI is InChI=1S/C18H21N3O3/c1-11-16(12(2)21(20-11)15-6-4-3-5-7-15)17(22)19-14-9-8-13(10-14)18(23)24/h3-7,13-14H,8-10H2,1-2H3,(H,19,22)(H,23,24)/t13-,14+/m0/s1. The van der Waals surface area contributed by atoms with Crippen LogP contribution in [0.2, 0.25) is 0 Å². The fraction of sp³-hybridized carbons (Fsp3) is 0.389. The summed E-state index contributed by atoms with van der Waals surface area (Å²) in [5.41, 5.74) is 2.92. The molecule has 1 amide bonds. The minimum Gasteiger partial charge on any atom is -0.481 e. The number of rotatable bonds is 4. The minimum absolute atomic E-state index is 0.0857. The average Bonchev–Trinajstić information content (AvgIpc) is 3.13. The third kappa shape index (κ3) is 3.04. The Hall–Kier alpha value is -2.63. The average molecular weight is 327 g/mol. The van der Waals surface area contributed by atoms with Crippen LogP contribution in [0.4, 0.5) is 0 Å². The number of para-hydroxylation sites is 1. The first-order valence-corrected chi connectivity index (χ1v) is 8.12. The van der Waals surface area contributed by atoms with Crippen LogP contribution in [0.5, 0.6) is 0 Å². The van der Waals surface area contributed by atoms with Crippen LogP contribution in [0, 0.1) is 19.8 Å². The van der Waals surface area contributed by atoms with E-state index < -0.39 is 5.97 Å². The van der Waals surface area contributed by atoms with Gasteiger partial charge in [-0.15, -0.1) is 0 Å². The zero-order chi connectivity index (χ0) is 17.3. The van der Waals surface area contributed by atoms with E-state index in [-0.39, 0.29) is 17.9 Å². The number of carbonyl (C=O) groups is 2. The summed E-state index contributed by atoms with van der Waals surface area (Å²) in [4.78, 5) is 23.7. The second kappa shape index (κ2) is 6.47. The molecule has 2 N–H and O–H groups in total. The molecule has 1 aliphatic rings. The summed E-state index contributed by atoms with van der Waals surface area (Å²) < 4.78 is 1.76. The molecule has 0 spiro atoms. The second-order valence-electron chi connectivity index (χ2n) is 6.31. The molecule has 1 aliphatic carbocycles. The molecule has 2 atom stereocenters. The summed E-state index contributed by atoms with van der Waals surface area (Å²) in [7, 11) is 0. The molecule has 1 aromatic heterocycles. The van der Waals surface area contributed by atoms with Crippen molar-refractivity contribution in [2.24, 2.45) is 5.92 Å². The number of carbonyl (C=O) groups excluding carboxylic acids is 1. The van der Waals surface area contributed by atoms with E-state index in [4.69, 9.17) is 5.11 Å². The smallest absolute Gasteiger partial charge is 0.306 e. The molecule has 126 valence electrons. The fourth-order valence-electron chi connectivity index (χ4n) is 3.39. The van der Waals surface area contributed by atoms with Gasteiger partial charge in [0.15, 0.2) is 0 Å². The van der Waals surface area contributed by atoms with Gasteiger partial charge in [0.05, 0.1) is 28.6 Å². The zero-order valence-electron chi connectivity index (χ0n) is 13.8. The van der Waals surface area contributed by atoms with Crippen LogP contribution in [0.25, 0.3) is 5.69 Å². The number of amides is 1. The number of nitrogens with one attached hydrogen (secondary N) is 1. The fourth-order valence-corrected chi connectivity index (χ4v) is 3.39. The third-order valence-electron chi connectivity index (χ3n) is 4.64. The van der Waals surface area contributed by atoms with E-state index in [2.05, 4.69) is 10.4 Å². The molecule has 3 rings (SSSR count). The van der Waals surface area contributed by atoms with Gasteiger partial charge in [-0.3, -0.25) is 9.59 Å². The number of aromatic nitrogens is 2. The van der Waals surface area contributed by atoms with Gasteiger partial charge in [-0.1, -0.05) is 18.2 Å². The molecule has 1 fully saturated rings. The van der Waals surface area contributed by atoms with E-state index >= 15 is 0 Å². The monoisotopic (exact) mass is 327 g/mol. The second-order valence-corrected chi connectivity index (χ2v) is 6.31. The van der Waals surface area contributed by atoms with Crippen LogP contribution in [0.3, 0.4) is 0 Å². The number of nitrogens with zero attached hydrogens (tertiary/aromatic N) is 2. The number of benzene rings is 1. The van der Waals surface area contributed by atoms with Crippen LogP contribution in [-0.2, 0) is 4.79 Å². The van der Waals surface area contributed by atoms with Crippen LogP contribution >= 0.6 is 0 Å². The largest absolute Gasteiger partial charge is 0.481 e. The van der Waals surface area contributed by atoms with Crippen molar-refractivity contribution in [2.45, 2.75) is 39.2 Å². The first-order chi connectivity index (χ1) is 11.5. The lowest BCUT2D eigenvalue weighted by Crippen LogP contribution is -2.34. The van der Waals surface area contributed by atoms with Crippen molar-refractivity contribution < 1.29 is 14.7 Å². The van der Waals surface area contributed by atoms with E-state index in [1.165, 1.54) is 0 Å². The number of carboxylic acids is 1. The lowest BCUT2D eigenvalue weighted by atomic mass is 10.1. The van der Waals surface area contributed by atoms with Crippen molar-refractivity contribution in [3.05, 3.63) is 47.3 Å². The van der Waals surface area contributed by atoms with Crippen molar-refractivity contribution in [3.8, 4) is 5.69 Å². The van der Waals surface area contributed by atoms with Crippen LogP contribution in [0.15, 0.2) is 30.3 Å². The topological polar surface area (TPSA) is 84.2 Å². The SMILES string of the molecule is Cc1nn(-c2ccccc2)c(C)c1C(=O)N[C@@H]1CC[C@H](C(=O)O)C1. The van der Waals surface area contributed by atoms with Gasteiger partial charge in [-0.05, 0) is 45.2 Å². The van der Waals surface area contributed by atoms with Gasteiger partial charge in [0.25, 0.3) is 5.91 Å². The highest BCUT2D eigenvalue weighted by Crippen LogP contribution is 2.26. The maximum atomic E-state index is 12.7. The Bertz CT molecular complexity index is 767. The maximum Gasteiger partial charge on any atom is 0.306 e. The Kier molecular flexibility index (Phi) is 4.38. The number of aryl methyl sites for hydroxylation is 1. The highest BCUT2D eigenvalue weighted by molar-refractivity contribution is 5.96. The summed E-state index contributed by atoms with van der Waals surface area (Å²) in [5, 5.41) is 16.5. The summed E-state index contributed by atoms with van der Waals surface area (Å²) in [5.74, 6) is -1.32. The highest BCUT2D eigenvalue weighted by Gasteiger charge is 2.31. The molecule has 0 unspecified atom stereocenters. The predicted octanol–water partition coefficient (Wildman–Crippen LogP) is 2.47. The van der Waals surface area contributed by atoms with Gasteiger partial charge in [0.1, 0.15) is 0 Å². The first kappa shape index (κ1) is 16.2. The Morgan fingerprint density at radius 3 is 2.54 bits per heavy atom. The molecule has 1 aromatic carbocycles. The molecule has 0 aliphatic heterocycles. The Labute approximate surface area is 140 Å².